The van der Waals surface area contributed by atoms with E-state index in [-0.39, 0.29) is 77.0 Å². The van der Waals surface area contributed by atoms with E-state index < -0.39 is 52.9 Å². The number of hydrogen-bond acceptors (Lipinski definition) is 14. The van der Waals surface area contributed by atoms with Gasteiger partial charge in [0.2, 0.25) is 11.6 Å². The van der Waals surface area contributed by atoms with E-state index in [4.69, 9.17) is 40.4 Å². The Labute approximate surface area is 587 Å². The van der Waals surface area contributed by atoms with E-state index in [0.717, 1.165) is 61.2 Å². The number of rotatable bonds is 22. The number of esters is 2. The summed E-state index contributed by atoms with van der Waals surface area (Å²) in [5.74, 6) is 7.74. The third-order valence-electron chi connectivity index (χ3n) is 18.4. The minimum atomic E-state index is -3.94. The van der Waals surface area contributed by atoms with Crippen LogP contribution in [0.25, 0.3) is 22.3 Å². The Balaban J connectivity index is 0.000000185. The van der Waals surface area contributed by atoms with E-state index in [1.807, 2.05) is 60.7 Å². The van der Waals surface area contributed by atoms with E-state index in [1.165, 1.54) is 117 Å². The molecular weight excluding hydrogens is 1320 g/mol. The summed E-state index contributed by atoms with van der Waals surface area (Å²) in [7, 11) is 22.3. The predicted octanol–water partition coefficient (Wildman–Crippen LogP) is 3.66. The summed E-state index contributed by atoms with van der Waals surface area (Å²) < 4.78 is 70.0. The quantitative estimate of drug-likeness (QED) is 0.0163. The van der Waals surface area contributed by atoms with Gasteiger partial charge in [-0.05, 0) is 182 Å². The number of Topliss-reactive ketones (excluding diaryl/α,β-unsaturated/α-hetero) is 2. The number of benzene rings is 4. The number of ether oxygens (including phenoxy) is 2. The van der Waals surface area contributed by atoms with E-state index in [0.29, 0.717) is 68.9 Å². The molecule has 4 aromatic rings. The van der Waals surface area contributed by atoms with Crippen LogP contribution in [-0.2, 0) is 59.6 Å². The Bertz CT molecular complexity index is 2630. The largest absolute Gasteiger partial charge is 1.00 e. The first-order chi connectivity index (χ1) is 42.7. The second-order valence-corrected chi connectivity index (χ2v) is 31.6. The maximum absolute atomic E-state index is 13.3. The minimum Gasteiger partial charge on any atom is -1.00 e. The third kappa shape index (κ3) is 23.6. The second-order valence-electron chi connectivity index (χ2n) is 25.3. The number of ketones is 2. The molecule has 0 aromatic heterocycles. The third-order valence-corrected chi connectivity index (χ3v) is 24.2. The van der Waals surface area contributed by atoms with Crippen molar-refractivity contribution in [3.63, 3.8) is 0 Å². The summed E-state index contributed by atoms with van der Waals surface area (Å²) in [6, 6.07) is 36.7. The molecule has 12 nitrogen and oxygen atoms in total. The summed E-state index contributed by atoms with van der Waals surface area (Å²) in [4.78, 5) is 47.4. The van der Waals surface area contributed by atoms with Crippen molar-refractivity contribution < 1.29 is 122 Å². The van der Waals surface area contributed by atoms with Gasteiger partial charge < -0.3 is 37.0 Å². The van der Waals surface area contributed by atoms with Gasteiger partial charge in [-0.25, -0.2) is 9.59 Å². The Morgan fingerprint density at radius 3 is 1.05 bits per heavy atom. The van der Waals surface area contributed by atoms with E-state index in [2.05, 4.69) is 67.3 Å². The zero-order chi connectivity index (χ0) is 63.6. The van der Waals surface area contributed by atoms with Crippen LogP contribution in [0.3, 0.4) is 0 Å². The molecule has 9 radical (unpaired) electrons. The topological polar surface area (TPSA) is 170 Å². The molecule has 29 heteroatoms. The average Bonchev–Trinajstić information content (AvgIpc) is 1.13. The maximum atomic E-state index is 13.3. The normalized spacial score (nSPS) is 24.8. The van der Waals surface area contributed by atoms with Crippen molar-refractivity contribution in [1.82, 2.24) is 0 Å². The molecule has 8 aliphatic carbocycles. The predicted molar refractivity (Wildman–Crippen MR) is 348 cm³/mol. The average molecular weight is 1390 g/mol. The van der Waals surface area contributed by atoms with Crippen LogP contribution in [0.1, 0.15) is 123 Å². The summed E-state index contributed by atoms with van der Waals surface area (Å²) in [6.07, 6.45) is 17.5. The molecule has 91 heavy (non-hydrogen) atoms. The van der Waals surface area contributed by atoms with Gasteiger partial charge in [-0.15, -0.1) is 0 Å². The van der Waals surface area contributed by atoms with Crippen molar-refractivity contribution in [2.75, 3.05) is 47.7 Å². The summed E-state index contributed by atoms with van der Waals surface area (Å²) in [5, 5.41) is 16.9. The molecule has 10 aliphatic rings. The smallest absolute Gasteiger partial charge is 1.00 e. The molecule has 2 heterocycles. The fourth-order valence-electron chi connectivity index (χ4n) is 15.1. The standard InChI is InChI=1S/2C18H19OS.2C13H18F2O5S.B7.BrH.Na/c2*19-18(14-20-12-4-5-13-20)17-10-8-16(9-11-17)15-6-2-1-3-7-15;2*14-13(15,21-20-19-17)11(16)18-7-12-4-8-1-9(5-12)3-10(2-8)6-12;1-5-7(4)6(2)3;;/h2*1-3,6-11H,4-5,12-14H2;2*8-10,17H,1-7H2;;1H;/q2*+1;;;;;+1/p-3. The van der Waals surface area contributed by atoms with Gasteiger partial charge in [0.05, 0.1) is 13.2 Å². The van der Waals surface area contributed by atoms with Crippen LogP contribution in [0.5, 0.6) is 0 Å². The van der Waals surface area contributed by atoms with Crippen LogP contribution in [0.15, 0.2) is 109 Å². The number of hydrogen-bond donors (Lipinski definition) is 0. The monoisotopic (exact) mass is 1390 g/mol. The number of carbonyl (C=O) groups is 4. The molecule has 4 aromatic carbocycles. The van der Waals surface area contributed by atoms with Gasteiger partial charge in [0, 0.05) is 72.7 Å². The molecule has 0 amide bonds. The van der Waals surface area contributed by atoms with Gasteiger partial charge in [0.1, 0.15) is 47.1 Å². The van der Waals surface area contributed by atoms with Crippen molar-refractivity contribution in [2.24, 2.45) is 46.3 Å². The summed E-state index contributed by atoms with van der Waals surface area (Å²) in [6.45, 7) is 0.0629. The van der Waals surface area contributed by atoms with Gasteiger partial charge in [-0.3, -0.25) is 19.7 Å². The van der Waals surface area contributed by atoms with E-state index >= 15 is 0 Å². The maximum Gasteiger partial charge on any atom is 1.00 e. The van der Waals surface area contributed by atoms with Gasteiger partial charge in [0.25, 0.3) is 0 Å². The van der Waals surface area contributed by atoms with Crippen LogP contribution in [-0.4, -0.2) is 133 Å². The molecule has 2 saturated heterocycles. The van der Waals surface area contributed by atoms with Crippen LogP contribution < -0.4 is 57.1 Å². The Hall–Kier alpha value is -2.03. The molecule has 8 bridgehead atoms. The first-order valence-corrected chi connectivity index (χ1v) is 35.5. The molecule has 8 saturated carbocycles. The fraction of sp³-hybridized carbons (Fsp3) is 0.548. The molecule has 10 fully saturated rings. The SMILES string of the molecule is O=C(C[S+]1CCCC1)c1ccc(-c2ccccc2)cc1.O=C(C[S+]1CCCC1)c1ccc(-c2ccccc2)cc1.O=C(OCC12CC3CC(CC(C3)C1)C2)C(F)(F)SOO[O-].O=C(OCC12CC3CC(CC(C3)C1)C2)C(F)(F)SOO[O-].[B][B]B([B])B([B])[B].[Br-].[Na+]. The number of halogens is 5. The fourth-order valence-corrected chi connectivity index (χ4v) is 20.1. The minimum absolute atomic E-state index is 0. The van der Waals surface area contributed by atoms with Crippen molar-refractivity contribution in [2.45, 2.75) is 113 Å². The van der Waals surface area contributed by atoms with Crippen LogP contribution >= 0.6 is 24.1 Å². The molecule has 14 rings (SSSR count). The molecule has 473 valence electrons. The van der Waals surface area contributed by atoms with Gasteiger partial charge >= 0.3 is 52.0 Å². The van der Waals surface area contributed by atoms with Crippen molar-refractivity contribution in [1.29, 1.82) is 0 Å². The Morgan fingerprint density at radius 2 is 0.802 bits per heavy atom. The first kappa shape index (κ1) is 78.0. The van der Waals surface area contributed by atoms with Crippen LogP contribution in [0.2, 0.25) is 0 Å². The number of carbonyl (C=O) groups excluding carboxylic acids is 4. The summed E-state index contributed by atoms with van der Waals surface area (Å²) in [5.41, 5.74) is 6.22. The zero-order valence-corrected chi connectivity index (χ0v) is 58.1. The van der Waals surface area contributed by atoms with Crippen LogP contribution in [0.4, 0.5) is 17.6 Å². The van der Waals surface area contributed by atoms with E-state index in [1.54, 1.807) is 0 Å². The molecule has 0 spiro atoms. The Morgan fingerprint density at radius 1 is 0.516 bits per heavy atom. The summed E-state index contributed by atoms with van der Waals surface area (Å²) >= 11 is -1.28. The molecule has 0 unspecified atom stereocenters. The molecular formula is C62H72B7BrF4NaO12S4. The van der Waals surface area contributed by atoms with Gasteiger partial charge in [-0.1, -0.05) is 109 Å². The van der Waals surface area contributed by atoms with Crippen molar-refractivity contribution in [3.8, 4) is 22.3 Å². The van der Waals surface area contributed by atoms with E-state index in [9.17, 15) is 47.3 Å². The first-order valence-electron chi connectivity index (χ1n) is 30.5. The van der Waals surface area contributed by atoms with Gasteiger partial charge in [-0.2, -0.15) is 26.2 Å². The molecule has 0 atom stereocenters. The number of alkyl halides is 4. The van der Waals surface area contributed by atoms with Gasteiger partial charge in [0.15, 0.2) is 11.5 Å². The molecule has 2 aliphatic heterocycles. The van der Waals surface area contributed by atoms with Crippen molar-refractivity contribution in [3.05, 3.63) is 120 Å². The molecule has 0 N–H and O–H groups in total. The van der Waals surface area contributed by atoms with Crippen molar-refractivity contribution >= 4 is 120 Å². The Kier molecular flexibility index (Phi) is 32.2. The zero-order valence-electron chi connectivity index (χ0n) is 51.3. The second kappa shape index (κ2) is 37.6. The van der Waals surface area contributed by atoms with Crippen LogP contribution in [0, 0.1) is 46.3 Å².